The summed E-state index contributed by atoms with van der Waals surface area (Å²) in [7, 11) is 0. The molecule has 1 amide bonds. The molecule has 0 saturated carbocycles. The second-order valence-corrected chi connectivity index (χ2v) is 6.08. The minimum absolute atomic E-state index is 0.245. The molecule has 0 radical (unpaired) electrons. The van der Waals surface area contributed by atoms with Gasteiger partial charge in [-0.2, -0.15) is 0 Å². The summed E-state index contributed by atoms with van der Waals surface area (Å²) in [4.78, 5) is 20.7. The van der Waals surface area contributed by atoms with Crippen LogP contribution in [0.1, 0.15) is 20.8 Å². The number of carbonyl (C=O) groups is 1. The van der Waals surface area contributed by atoms with E-state index in [2.05, 4.69) is 15.3 Å². The maximum Gasteiger partial charge on any atom is 0.257 e. The Hall–Kier alpha value is -2.87. The van der Waals surface area contributed by atoms with Crippen LogP contribution in [-0.4, -0.2) is 15.9 Å². The molecular weight excluding hydrogens is 334 g/mol. The fraction of sp³-hybridized carbons (Fsp3) is 0.0625. The van der Waals surface area contributed by atoms with Crippen LogP contribution < -0.4 is 11.1 Å². The molecule has 0 aliphatic heterocycles. The molecule has 0 aliphatic carbocycles. The van der Waals surface area contributed by atoms with Gasteiger partial charge in [-0.3, -0.25) is 10.1 Å². The highest BCUT2D eigenvalue weighted by Crippen LogP contribution is 2.23. The normalized spacial score (nSPS) is 10.6. The van der Waals surface area contributed by atoms with Gasteiger partial charge >= 0.3 is 0 Å². The van der Waals surface area contributed by atoms with Crippen LogP contribution in [0, 0.1) is 11.6 Å². The molecule has 0 saturated heterocycles. The Morgan fingerprint density at radius 3 is 2.79 bits per heavy atom. The number of nitrogens with zero attached hydrogens (tertiary/aromatic N) is 2. The second kappa shape index (κ2) is 6.71. The first-order chi connectivity index (χ1) is 11.5. The number of halogens is 2. The topological polar surface area (TPSA) is 80.9 Å². The van der Waals surface area contributed by atoms with Gasteiger partial charge in [0.25, 0.3) is 5.91 Å². The summed E-state index contributed by atoms with van der Waals surface area (Å²) in [6, 6.07) is 6.43. The fourth-order valence-electron chi connectivity index (χ4n) is 2.06. The number of hydrogen-bond acceptors (Lipinski definition) is 5. The van der Waals surface area contributed by atoms with Gasteiger partial charge in [-0.15, -0.1) is 11.3 Å². The highest BCUT2D eigenvalue weighted by atomic mass is 32.1. The number of amides is 1. The number of anilines is 2. The van der Waals surface area contributed by atoms with E-state index in [1.54, 1.807) is 6.20 Å². The van der Waals surface area contributed by atoms with Crippen LogP contribution in [0.5, 0.6) is 0 Å². The number of nitrogen functional groups attached to an aromatic ring is 1. The predicted octanol–water partition coefficient (Wildman–Crippen LogP) is 3.24. The Morgan fingerprint density at radius 2 is 2.04 bits per heavy atom. The minimum Gasteiger partial charge on any atom is -0.384 e. The van der Waals surface area contributed by atoms with Crippen molar-refractivity contribution in [1.82, 2.24) is 9.97 Å². The number of hydrogen-bond donors (Lipinski definition) is 2. The Balaban J connectivity index is 1.70. The van der Waals surface area contributed by atoms with Crippen molar-refractivity contribution in [2.45, 2.75) is 6.42 Å². The average molecular weight is 346 g/mol. The van der Waals surface area contributed by atoms with Crippen LogP contribution in [0.25, 0.3) is 0 Å². The molecule has 1 aromatic carbocycles. The number of aromatic nitrogens is 2. The van der Waals surface area contributed by atoms with E-state index in [0.717, 1.165) is 10.9 Å². The van der Waals surface area contributed by atoms with Gasteiger partial charge in [0.2, 0.25) is 0 Å². The lowest BCUT2D eigenvalue weighted by atomic mass is 10.1. The zero-order valence-corrected chi connectivity index (χ0v) is 13.1. The van der Waals surface area contributed by atoms with E-state index in [1.807, 2.05) is 0 Å². The van der Waals surface area contributed by atoms with Gasteiger partial charge in [0.15, 0.2) is 5.13 Å². The van der Waals surface area contributed by atoms with E-state index in [1.165, 1.54) is 41.8 Å². The summed E-state index contributed by atoms with van der Waals surface area (Å²) < 4.78 is 26.6. The van der Waals surface area contributed by atoms with Crippen LogP contribution in [0.15, 0.2) is 42.7 Å². The third-order valence-electron chi connectivity index (χ3n) is 3.20. The quantitative estimate of drug-likeness (QED) is 0.760. The standard InChI is InChI=1S/C16H12F2N4OS/c17-11-2-1-9(13(18)7-11)5-12-8-21-16(24-12)22-15(23)10-3-4-20-14(19)6-10/h1-4,6-8H,5H2,(H2,19,20)(H,21,22,23). The number of thiazole rings is 1. The van der Waals surface area contributed by atoms with Gasteiger partial charge in [0.05, 0.1) is 0 Å². The van der Waals surface area contributed by atoms with Crippen LogP contribution in [0.3, 0.4) is 0 Å². The van der Waals surface area contributed by atoms with Gasteiger partial charge in [0.1, 0.15) is 17.5 Å². The summed E-state index contributed by atoms with van der Waals surface area (Å²) in [5.74, 6) is -1.35. The van der Waals surface area contributed by atoms with E-state index in [4.69, 9.17) is 5.73 Å². The van der Waals surface area contributed by atoms with E-state index >= 15 is 0 Å². The largest absolute Gasteiger partial charge is 0.384 e. The summed E-state index contributed by atoms with van der Waals surface area (Å²) >= 11 is 1.22. The highest BCUT2D eigenvalue weighted by Gasteiger charge is 2.11. The number of rotatable bonds is 4. The third kappa shape index (κ3) is 3.72. The molecule has 122 valence electrons. The van der Waals surface area contributed by atoms with Crippen molar-refractivity contribution in [1.29, 1.82) is 0 Å². The Labute approximate surface area is 140 Å². The van der Waals surface area contributed by atoms with Crippen LogP contribution in [0.2, 0.25) is 0 Å². The lowest BCUT2D eigenvalue weighted by Crippen LogP contribution is -2.12. The molecule has 8 heteroatoms. The van der Waals surface area contributed by atoms with Crippen molar-refractivity contribution in [3.05, 3.63) is 70.4 Å². The van der Waals surface area contributed by atoms with Crippen molar-refractivity contribution in [3.8, 4) is 0 Å². The Bertz CT molecular complexity index is 897. The Morgan fingerprint density at radius 1 is 1.21 bits per heavy atom. The molecule has 0 unspecified atom stereocenters. The van der Waals surface area contributed by atoms with Crippen molar-refractivity contribution in [3.63, 3.8) is 0 Å². The monoisotopic (exact) mass is 346 g/mol. The fourth-order valence-corrected chi connectivity index (χ4v) is 2.89. The molecule has 3 rings (SSSR count). The first-order valence-electron chi connectivity index (χ1n) is 6.93. The smallest absolute Gasteiger partial charge is 0.257 e. The summed E-state index contributed by atoms with van der Waals surface area (Å²) in [6.07, 6.45) is 3.25. The van der Waals surface area contributed by atoms with Gasteiger partial charge in [-0.1, -0.05) is 6.07 Å². The third-order valence-corrected chi connectivity index (χ3v) is 4.11. The minimum atomic E-state index is -0.620. The van der Waals surface area contributed by atoms with E-state index in [-0.39, 0.29) is 18.1 Å². The average Bonchev–Trinajstić information content (AvgIpc) is 2.97. The maximum atomic E-state index is 13.7. The maximum absolute atomic E-state index is 13.7. The van der Waals surface area contributed by atoms with Gasteiger partial charge in [-0.05, 0) is 23.8 Å². The van der Waals surface area contributed by atoms with Gasteiger partial charge in [0, 0.05) is 35.3 Å². The number of nitrogens with one attached hydrogen (secondary N) is 1. The highest BCUT2D eigenvalue weighted by molar-refractivity contribution is 7.15. The van der Waals surface area contributed by atoms with Gasteiger partial charge in [-0.25, -0.2) is 18.7 Å². The van der Waals surface area contributed by atoms with E-state index in [9.17, 15) is 13.6 Å². The molecule has 2 aromatic heterocycles. The molecule has 0 aliphatic rings. The lowest BCUT2D eigenvalue weighted by molar-refractivity contribution is 0.102. The SMILES string of the molecule is Nc1cc(C(=O)Nc2ncc(Cc3ccc(F)cc3F)s2)ccn1. The van der Waals surface area contributed by atoms with Crippen LogP contribution in [-0.2, 0) is 6.42 Å². The van der Waals surface area contributed by atoms with E-state index < -0.39 is 11.6 Å². The van der Waals surface area contributed by atoms with E-state index in [0.29, 0.717) is 16.3 Å². The van der Waals surface area contributed by atoms with Crippen molar-refractivity contribution in [2.24, 2.45) is 0 Å². The second-order valence-electron chi connectivity index (χ2n) is 4.97. The molecule has 3 aromatic rings. The zero-order valence-electron chi connectivity index (χ0n) is 12.3. The molecule has 0 bridgehead atoms. The summed E-state index contributed by atoms with van der Waals surface area (Å²) in [6.45, 7) is 0. The predicted molar refractivity (Wildman–Crippen MR) is 87.9 cm³/mol. The zero-order chi connectivity index (χ0) is 17.1. The molecule has 24 heavy (non-hydrogen) atoms. The van der Waals surface area contributed by atoms with Gasteiger partial charge < -0.3 is 5.73 Å². The number of nitrogens with two attached hydrogens (primary N) is 1. The molecule has 0 fully saturated rings. The lowest BCUT2D eigenvalue weighted by Gasteiger charge is -2.02. The van der Waals surface area contributed by atoms with Crippen LogP contribution in [0.4, 0.5) is 19.7 Å². The van der Waals surface area contributed by atoms with Crippen molar-refractivity contribution < 1.29 is 13.6 Å². The first kappa shape index (κ1) is 16.0. The first-order valence-corrected chi connectivity index (χ1v) is 7.74. The molecule has 0 spiro atoms. The number of pyridine rings is 1. The molecule has 2 heterocycles. The van der Waals surface area contributed by atoms with Crippen LogP contribution >= 0.6 is 11.3 Å². The summed E-state index contributed by atoms with van der Waals surface area (Å²) in [5.41, 5.74) is 6.26. The van der Waals surface area contributed by atoms with Crippen molar-refractivity contribution >= 4 is 28.2 Å². The Kier molecular flexibility index (Phi) is 4.48. The number of carbonyl (C=O) groups excluding carboxylic acids is 1. The molecule has 3 N–H and O–H groups in total. The molecular formula is C16H12F2N4OS. The number of benzene rings is 1. The molecule has 0 atom stereocenters. The van der Waals surface area contributed by atoms with Crippen molar-refractivity contribution in [2.75, 3.05) is 11.1 Å². The summed E-state index contributed by atoms with van der Waals surface area (Å²) in [5, 5.41) is 3.03. The molecule has 5 nitrogen and oxygen atoms in total.